The van der Waals surface area contributed by atoms with Crippen molar-refractivity contribution in [3.63, 3.8) is 0 Å². The van der Waals surface area contributed by atoms with Crippen molar-refractivity contribution in [1.82, 2.24) is 0 Å². The number of amides is 1. The molecule has 6 heteroatoms. The third kappa shape index (κ3) is 4.39. The SMILES string of the molecule is CS(=O)(=O)Cc1cccc(C(=O)Nc2ccccc2F)c1. The lowest BCUT2D eigenvalue weighted by Gasteiger charge is -2.07. The molecule has 2 aromatic rings. The molecule has 0 heterocycles. The number of para-hydroxylation sites is 1. The fraction of sp³-hybridized carbons (Fsp3) is 0.133. The molecule has 0 aliphatic heterocycles. The zero-order valence-electron chi connectivity index (χ0n) is 11.3. The molecule has 110 valence electrons. The Morgan fingerprint density at radius 3 is 2.52 bits per heavy atom. The average molecular weight is 307 g/mol. The van der Waals surface area contributed by atoms with E-state index in [4.69, 9.17) is 0 Å². The minimum absolute atomic E-state index is 0.0796. The zero-order chi connectivity index (χ0) is 15.5. The topological polar surface area (TPSA) is 63.2 Å². The first kappa shape index (κ1) is 15.2. The molecule has 0 unspecified atom stereocenters. The fourth-order valence-corrected chi connectivity index (χ4v) is 2.65. The van der Waals surface area contributed by atoms with Gasteiger partial charge in [0.25, 0.3) is 5.91 Å². The highest BCUT2D eigenvalue weighted by molar-refractivity contribution is 7.89. The minimum Gasteiger partial charge on any atom is -0.319 e. The van der Waals surface area contributed by atoms with Gasteiger partial charge in [0.05, 0.1) is 11.4 Å². The Bertz CT molecular complexity index is 772. The monoisotopic (exact) mass is 307 g/mol. The summed E-state index contributed by atoms with van der Waals surface area (Å²) in [5.74, 6) is -1.16. The van der Waals surface area contributed by atoms with Crippen LogP contribution in [0.3, 0.4) is 0 Å². The van der Waals surface area contributed by atoms with E-state index in [1.165, 1.54) is 24.3 Å². The van der Waals surface area contributed by atoms with Gasteiger partial charge >= 0.3 is 0 Å². The minimum atomic E-state index is -3.18. The van der Waals surface area contributed by atoms with Gasteiger partial charge in [-0.2, -0.15) is 0 Å². The highest BCUT2D eigenvalue weighted by atomic mass is 32.2. The van der Waals surface area contributed by atoms with Crippen LogP contribution in [0, 0.1) is 5.82 Å². The Hall–Kier alpha value is -2.21. The quantitative estimate of drug-likeness (QED) is 0.944. The van der Waals surface area contributed by atoms with Gasteiger partial charge in [0.1, 0.15) is 5.82 Å². The molecule has 0 bridgehead atoms. The number of hydrogen-bond donors (Lipinski definition) is 1. The summed E-state index contributed by atoms with van der Waals surface area (Å²) in [6, 6.07) is 12.1. The van der Waals surface area contributed by atoms with Gasteiger partial charge < -0.3 is 5.32 Å². The number of carbonyl (C=O) groups excluding carboxylic acids is 1. The summed E-state index contributed by atoms with van der Waals surface area (Å²) in [7, 11) is -3.18. The molecule has 4 nitrogen and oxygen atoms in total. The molecule has 21 heavy (non-hydrogen) atoms. The van der Waals surface area contributed by atoms with Crippen molar-refractivity contribution >= 4 is 21.4 Å². The number of nitrogens with one attached hydrogen (secondary N) is 1. The Kier molecular flexibility index (Phi) is 4.37. The maximum atomic E-state index is 13.5. The van der Waals surface area contributed by atoms with Crippen LogP contribution in [0.1, 0.15) is 15.9 Å². The molecule has 0 aliphatic carbocycles. The first-order valence-electron chi connectivity index (χ1n) is 6.18. The van der Waals surface area contributed by atoms with Crippen molar-refractivity contribution in [2.75, 3.05) is 11.6 Å². The third-order valence-corrected chi connectivity index (χ3v) is 3.60. The molecular weight excluding hydrogens is 293 g/mol. The van der Waals surface area contributed by atoms with Crippen molar-refractivity contribution < 1.29 is 17.6 Å². The lowest BCUT2D eigenvalue weighted by molar-refractivity contribution is 0.102. The lowest BCUT2D eigenvalue weighted by atomic mass is 10.1. The highest BCUT2D eigenvalue weighted by Gasteiger charge is 2.11. The normalized spacial score (nSPS) is 11.1. The second-order valence-corrected chi connectivity index (χ2v) is 6.84. The van der Waals surface area contributed by atoms with E-state index in [9.17, 15) is 17.6 Å². The van der Waals surface area contributed by atoms with Gasteiger partial charge in [-0.1, -0.05) is 24.3 Å². The number of anilines is 1. The van der Waals surface area contributed by atoms with Crippen LogP contribution in [0.4, 0.5) is 10.1 Å². The summed E-state index contributed by atoms with van der Waals surface area (Å²) >= 11 is 0. The number of benzene rings is 2. The molecule has 0 saturated carbocycles. The predicted molar refractivity (Wildman–Crippen MR) is 79.3 cm³/mol. The molecule has 2 rings (SSSR count). The standard InChI is InChI=1S/C15H14FNO3S/c1-21(19,20)10-11-5-4-6-12(9-11)15(18)17-14-8-3-2-7-13(14)16/h2-9H,10H2,1H3,(H,17,18). The predicted octanol–water partition coefficient (Wildman–Crippen LogP) is 2.62. The molecule has 2 aromatic carbocycles. The molecule has 0 atom stereocenters. The molecular formula is C15H14FNO3S. The summed E-state index contributed by atoms with van der Waals surface area (Å²) in [6.45, 7) is 0. The highest BCUT2D eigenvalue weighted by Crippen LogP contribution is 2.15. The maximum Gasteiger partial charge on any atom is 0.255 e. The smallest absolute Gasteiger partial charge is 0.255 e. The largest absolute Gasteiger partial charge is 0.319 e. The molecule has 0 fully saturated rings. The van der Waals surface area contributed by atoms with E-state index in [0.29, 0.717) is 5.56 Å². The van der Waals surface area contributed by atoms with Crippen molar-refractivity contribution in [3.05, 3.63) is 65.5 Å². The molecule has 1 amide bonds. The van der Waals surface area contributed by atoms with Crippen LogP contribution in [0.5, 0.6) is 0 Å². The summed E-state index contributed by atoms with van der Waals surface area (Å²) < 4.78 is 36.0. The number of halogens is 1. The second kappa shape index (κ2) is 6.05. The van der Waals surface area contributed by atoms with Crippen LogP contribution in [0.25, 0.3) is 0 Å². The molecule has 0 aromatic heterocycles. The average Bonchev–Trinajstić information content (AvgIpc) is 2.39. The number of sulfone groups is 1. The van der Waals surface area contributed by atoms with Crippen LogP contribution < -0.4 is 5.32 Å². The Labute approximate surface area is 122 Å². The van der Waals surface area contributed by atoms with Crippen molar-refractivity contribution in [2.24, 2.45) is 0 Å². The summed E-state index contributed by atoms with van der Waals surface area (Å²) in [5.41, 5.74) is 0.870. The van der Waals surface area contributed by atoms with Crippen LogP contribution in [-0.2, 0) is 15.6 Å². The van der Waals surface area contributed by atoms with Gasteiger partial charge in [-0.15, -0.1) is 0 Å². The lowest BCUT2D eigenvalue weighted by Crippen LogP contribution is -2.13. The van der Waals surface area contributed by atoms with Gasteiger partial charge in [0.2, 0.25) is 0 Å². The molecule has 0 spiro atoms. The van der Waals surface area contributed by atoms with Crippen LogP contribution in [0.15, 0.2) is 48.5 Å². The van der Waals surface area contributed by atoms with Crippen LogP contribution in [-0.4, -0.2) is 20.6 Å². The van der Waals surface area contributed by atoms with Crippen molar-refractivity contribution in [3.8, 4) is 0 Å². The Morgan fingerprint density at radius 2 is 1.86 bits per heavy atom. The second-order valence-electron chi connectivity index (χ2n) is 4.70. The first-order valence-corrected chi connectivity index (χ1v) is 8.24. The van der Waals surface area contributed by atoms with Gasteiger partial charge in [0.15, 0.2) is 9.84 Å². The van der Waals surface area contributed by atoms with Crippen molar-refractivity contribution in [1.29, 1.82) is 0 Å². The van der Waals surface area contributed by atoms with Crippen LogP contribution >= 0.6 is 0 Å². The van der Waals surface area contributed by atoms with Gasteiger partial charge in [0, 0.05) is 11.8 Å². The fourth-order valence-electron chi connectivity index (χ4n) is 1.86. The molecule has 0 radical (unpaired) electrons. The number of hydrogen-bond acceptors (Lipinski definition) is 3. The van der Waals surface area contributed by atoms with Gasteiger partial charge in [-0.05, 0) is 29.8 Å². The van der Waals surface area contributed by atoms with E-state index in [2.05, 4.69) is 5.32 Å². The van der Waals surface area contributed by atoms with E-state index in [1.54, 1.807) is 24.3 Å². The first-order chi connectivity index (χ1) is 9.85. The summed E-state index contributed by atoms with van der Waals surface area (Å²) in [4.78, 5) is 12.1. The van der Waals surface area contributed by atoms with Gasteiger partial charge in [-0.3, -0.25) is 4.79 Å². The van der Waals surface area contributed by atoms with E-state index in [0.717, 1.165) is 6.26 Å². The van der Waals surface area contributed by atoms with E-state index in [-0.39, 0.29) is 17.0 Å². The molecule has 0 saturated heterocycles. The van der Waals surface area contributed by atoms with Crippen molar-refractivity contribution in [2.45, 2.75) is 5.75 Å². The van der Waals surface area contributed by atoms with Crippen LogP contribution in [0.2, 0.25) is 0 Å². The Balaban J connectivity index is 2.20. The van der Waals surface area contributed by atoms with E-state index < -0.39 is 21.6 Å². The summed E-state index contributed by atoms with van der Waals surface area (Å²) in [6.07, 6.45) is 1.12. The van der Waals surface area contributed by atoms with Gasteiger partial charge in [-0.25, -0.2) is 12.8 Å². The molecule has 1 N–H and O–H groups in total. The number of rotatable bonds is 4. The third-order valence-electron chi connectivity index (χ3n) is 2.74. The maximum absolute atomic E-state index is 13.5. The zero-order valence-corrected chi connectivity index (χ0v) is 12.2. The van der Waals surface area contributed by atoms with E-state index in [1.807, 2.05) is 0 Å². The molecule has 0 aliphatic rings. The van der Waals surface area contributed by atoms with E-state index >= 15 is 0 Å². The Morgan fingerprint density at radius 1 is 1.14 bits per heavy atom. The number of carbonyl (C=O) groups is 1. The summed E-state index contributed by atoms with van der Waals surface area (Å²) in [5, 5.41) is 2.45.